The van der Waals surface area contributed by atoms with E-state index in [1.807, 2.05) is 7.05 Å². The lowest BCUT2D eigenvalue weighted by molar-refractivity contribution is 0.288. The third-order valence-electron chi connectivity index (χ3n) is 3.56. The summed E-state index contributed by atoms with van der Waals surface area (Å²) in [6.45, 7) is 7.23. The fourth-order valence-electron chi connectivity index (χ4n) is 2.38. The highest BCUT2D eigenvalue weighted by Crippen LogP contribution is 2.30. The molecule has 0 fully saturated rings. The molecule has 1 aromatic carbocycles. The summed E-state index contributed by atoms with van der Waals surface area (Å²) in [7, 11) is 1.95. The van der Waals surface area contributed by atoms with Crippen molar-refractivity contribution in [3.8, 4) is 5.75 Å². The van der Waals surface area contributed by atoms with Crippen molar-refractivity contribution >= 4 is 0 Å². The molecule has 0 unspecified atom stereocenters. The van der Waals surface area contributed by atoms with Crippen LogP contribution in [0.1, 0.15) is 31.4 Å². The first-order valence-corrected chi connectivity index (χ1v) is 6.75. The van der Waals surface area contributed by atoms with Crippen LogP contribution in [0.25, 0.3) is 0 Å². The van der Waals surface area contributed by atoms with Gasteiger partial charge >= 0.3 is 0 Å². The zero-order chi connectivity index (χ0) is 13.0. The number of nitrogens with one attached hydrogen (secondary N) is 2. The van der Waals surface area contributed by atoms with Gasteiger partial charge in [0.2, 0.25) is 0 Å². The van der Waals surface area contributed by atoms with Gasteiger partial charge in [0.1, 0.15) is 5.75 Å². The van der Waals surface area contributed by atoms with Gasteiger partial charge in [0.05, 0.1) is 6.61 Å². The first-order valence-electron chi connectivity index (χ1n) is 6.75. The Kier molecular flexibility index (Phi) is 4.25. The molecule has 0 saturated heterocycles. The van der Waals surface area contributed by atoms with Gasteiger partial charge in [-0.25, -0.2) is 0 Å². The minimum Gasteiger partial charge on any atom is -0.493 e. The minimum absolute atomic E-state index is 0.142. The molecule has 100 valence electrons. The molecule has 0 saturated carbocycles. The van der Waals surface area contributed by atoms with Crippen molar-refractivity contribution in [1.29, 1.82) is 0 Å². The molecular formula is C15H24N2O. The number of hydrogen-bond donors (Lipinski definition) is 2. The van der Waals surface area contributed by atoms with Gasteiger partial charge in [-0.2, -0.15) is 0 Å². The molecule has 0 aliphatic carbocycles. The van der Waals surface area contributed by atoms with Gasteiger partial charge in [-0.3, -0.25) is 0 Å². The molecule has 1 aliphatic rings. The Hall–Kier alpha value is -1.06. The summed E-state index contributed by atoms with van der Waals surface area (Å²) in [6, 6.07) is 6.64. The number of aryl methyl sites for hydroxylation is 1. The molecule has 3 heteroatoms. The lowest BCUT2D eigenvalue weighted by atomic mass is 9.83. The summed E-state index contributed by atoms with van der Waals surface area (Å²) in [5.41, 5.74) is 2.89. The van der Waals surface area contributed by atoms with E-state index in [9.17, 15) is 0 Å². The molecule has 0 bridgehead atoms. The first-order chi connectivity index (χ1) is 8.63. The maximum atomic E-state index is 5.66. The fraction of sp³-hybridized carbons (Fsp3) is 0.600. The maximum absolute atomic E-state index is 5.66. The zero-order valence-corrected chi connectivity index (χ0v) is 11.7. The minimum atomic E-state index is 0.142. The second-order valence-electron chi connectivity index (χ2n) is 5.62. The molecule has 2 N–H and O–H groups in total. The van der Waals surface area contributed by atoms with Crippen LogP contribution in [0.4, 0.5) is 0 Å². The third kappa shape index (κ3) is 3.03. The molecular weight excluding hydrogens is 224 g/mol. The molecule has 3 nitrogen and oxygen atoms in total. The van der Waals surface area contributed by atoms with E-state index in [1.54, 1.807) is 0 Å². The summed E-state index contributed by atoms with van der Waals surface area (Å²) in [5, 5.41) is 6.52. The van der Waals surface area contributed by atoms with Crippen LogP contribution >= 0.6 is 0 Å². The second kappa shape index (κ2) is 5.72. The summed E-state index contributed by atoms with van der Waals surface area (Å²) < 4.78 is 5.66. The summed E-state index contributed by atoms with van der Waals surface area (Å²) >= 11 is 0. The SMILES string of the molecule is CNCNCC(C)(C)c1ccc2c(c1)CCCO2. The Bertz CT molecular complexity index is 401. The highest BCUT2D eigenvalue weighted by atomic mass is 16.5. The molecule has 2 rings (SSSR count). The van der Waals surface area contributed by atoms with Gasteiger partial charge in [-0.05, 0) is 37.1 Å². The van der Waals surface area contributed by atoms with Gasteiger partial charge in [0.15, 0.2) is 0 Å². The van der Waals surface area contributed by atoms with Gasteiger partial charge in [0.25, 0.3) is 0 Å². The van der Waals surface area contributed by atoms with Crippen molar-refractivity contribution in [3.05, 3.63) is 29.3 Å². The Morgan fingerprint density at radius 1 is 1.33 bits per heavy atom. The highest BCUT2D eigenvalue weighted by Gasteiger charge is 2.22. The van der Waals surface area contributed by atoms with Crippen LogP contribution in [0, 0.1) is 0 Å². The van der Waals surface area contributed by atoms with E-state index in [0.29, 0.717) is 0 Å². The standard InChI is InChI=1S/C15H24N2O/c1-15(2,10-17-11-16-3)13-6-7-14-12(9-13)5-4-8-18-14/h6-7,9,16-17H,4-5,8,10-11H2,1-3H3. The molecule has 18 heavy (non-hydrogen) atoms. The summed E-state index contributed by atoms with van der Waals surface area (Å²) in [4.78, 5) is 0. The fourth-order valence-corrected chi connectivity index (χ4v) is 2.38. The topological polar surface area (TPSA) is 33.3 Å². The number of ether oxygens (including phenoxy) is 1. The maximum Gasteiger partial charge on any atom is 0.122 e. The van der Waals surface area contributed by atoms with Crippen molar-refractivity contribution in [2.24, 2.45) is 0 Å². The lowest BCUT2D eigenvalue weighted by Crippen LogP contribution is -2.37. The van der Waals surface area contributed by atoms with Crippen molar-refractivity contribution in [1.82, 2.24) is 10.6 Å². The smallest absolute Gasteiger partial charge is 0.122 e. The third-order valence-corrected chi connectivity index (χ3v) is 3.56. The van der Waals surface area contributed by atoms with E-state index < -0.39 is 0 Å². The quantitative estimate of drug-likeness (QED) is 0.618. The van der Waals surface area contributed by atoms with Crippen LogP contribution in [0.3, 0.4) is 0 Å². The van der Waals surface area contributed by atoms with Crippen LogP contribution in [-0.2, 0) is 11.8 Å². The highest BCUT2D eigenvalue weighted by molar-refractivity contribution is 5.41. The molecule has 0 spiro atoms. The van der Waals surface area contributed by atoms with Gasteiger partial charge in [0, 0.05) is 18.6 Å². The van der Waals surface area contributed by atoms with Gasteiger partial charge < -0.3 is 15.4 Å². The number of hydrogen-bond acceptors (Lipinski definition) is 3. The van der Waals surface area contributed by atoms with Crippen molar-refractivity contribution < 1.29 is 4.74 Å². The van der Waals surface area contributed by atoms with E-state index >= 15 is 0 Å². The average Bonchev–Trinajstić information content (AvgIpc) is 2.38. The molecule has 1 heterocycles. The van der Waals surface area contributed by atoms with Crippen molar-refractivity contribution in [2.75, 3.05) is 26.9 Å². The summed E-state index contributed by atoms with van der Waals surface area (Å²) in [5.74, 6) is 1.07. The van der Waals surface area contributed by atoms with Gasteiger partial charge in [-0.1, -0.05) is 26.0 Å². The molecule has 1 aliphatic heterocycles. The normalized spacial score (nSPS) is 15.1. The van der Waals surface area contributed by atoms with Crippen LogP contribution in [0.15, 0.2) is 18.2 Å². The van der Waals surface area contributed by atoms with Crippen molar-refractivity contribution in [3.63, 3.8) is 0 Å². The predicted molar refractivity (Wildman–Crippen MR) is 75.2 cm³/mol. The Labute approximate surface area is 110 Å². The molecule has 0 atom stereocenters. The van der Waals surface area contributed by atoms with Crippen LogP contribution in [0.5, 0.6) is 5.75 Å². The van der Waals surface area contributed by atoms with Crippen molar-refractivity contribution in [2.45, 2.75) is 32.1 Å². The van der Waals surface area contributed by atoms with Crippen LogP contribution < -0.4 is 15.4 Å². The van der Waals surface area contributed by atoms with Crippen LogP contribution in [0.2, 0.25) is 0 Å². The summed E-state index contributed by atoms with van der Waals surface area (Å²) in [6.07, 6.45) is 2.28. The average molecular weight is 248 g/mol. The molecule has 1 aromatic rings. The van der Waals surface area contributed by atoms with E-state index in [4.69, 9.17) is 4.74 Å². The van der Waals surface area contributed by atoms with Crippen LogP contribution in [-0.4, -0.2) is 26.9 Å². The molecule has 0 aromatic heterocycles. The zero-order valence-electron chi connectivity index (χ0n) is 11.7. The Morgan fingerprint density at radius 2 is 2.17 bits per heavy atom. The van der Waals surface area contributed by atoms with E-state index in [0.717, 1.165) is 38.4 Å². The Morgan fingerprint density at radius 3 is 2.94 bits per heavy atom. The lowest BCUT2D eigenvalue weighted by Gasteiger charge is -2.28. The molecule has 0 radical (unpaired) electrons. The van der Waals surface area contributed by atoms with Gasteiger partial charge in [-0.15, -0.1) is 0 Å². The first kappa shape index (κ1) is 13.4. The number of fused-ring (bicyclic) bond motifs is 1. The largest absolute Gasteiger partial charge is 0.493 e. The van der Waals surface area contributed by atoms with E-state index in [2.05, 4.69) is 42.7 Å². The van der Waals surface area contributed by atoms with E-state index in [-0.39, 0.29) is 5.41 Å². The number of benzene rings is 1. The molecule has 0 amide bonds. The predicted octanol–water partition coefficient (Wildman–Crippen LogP) is 2.06. The van der Waals surface area contributed by atoms with E-state index in [1.165, 1.54) is 11.1 Å². The monoisotopic (exact) mass is 248 g/mol. The number of rotatable bonds is 5. The Balaban J connectivity index is 2.11. The second-order valence-corrected chi connectivity index (χ2v) is 5.62.